The first-order chi connectivity index (χ1) is 17.7. The number of rotatable bonds is 8. The molecular weight excluding hydrogens is 504 g/mol. The molecule has 1 heterocycles. The van der Waals surface area contributed by atoms with E-state index in [0.29, 0.717) is 27.3 Å². The maximum atomic E-state index is 12.9. The van der Waals surface area contributed by atoms with Gasteiger partial charge in [-0.15, -0.1) is 10.2 Å². The second-order valence-corrected chi connectivity index (χ2v) is 11.2. The molecule has 4 aromatic rings. The summed E-state index contributed by atoms with van der Waals surface area (Å²) in [4.78, 5) is 12.9. The van der Waals surface area contributed by atoms with Crippen LogP contribution in [0.15, 0.2) is 71.9 Å². The number of benzene rings is 3. The molecule has 8 heteroatoms. The number of halogens is 1. The zero-order valence-electron chi connectivity index (χ0n) is 21.7. The van der Waals surface area contributed by atoms with Crippen LogP contribution in [0.4, 0.5) is 0 Å². The van der Waals surface area contributed by atoms with Gasteiger partial charge in [0.25, 0.3) is 5.91 Å². The Hall–Kier alpha value is -3.29. The fourth-order valence-corrected chi connectivity index (χ4v) is 4.94. The highest BCUT2D eigenvalue weighted by Gasteiger charge is 2.19. The molecule has 37 heavy (non-hydrogen) atoms. The third kappa shape index (κ3) is 6.53. The number of thioether (sulfide) groups is 1. The van der Waals surface area contributed by atoms with Crippen LogP contribution in [0.25, 0.3) is 5.69 Å². The highest BCUT2D eigenvalue weighted by molar-refractivity contribution is 7.98. The monoisotopic (exact) mass is 534 g/mol. The number of ether oxygens (including phenoxy) is 1. The van der Waals surface area contributed by atoms with Crippen molar-refractivity contribution in [3.63, 3.8) is 0 Å². The lowest BCUT2D eigenvalue weighted by Gasteiger charge is -2.19. The number of methoxy groups -OCH3 is 1. The maximum absolute atomic E-state index is 12.9. The summed E-state index contributed by atoms with van der Waals surface area (Å²) in [5, 5.41) is 13.2. The number of nitrogens with zero attached hydrogens (tertiary/aromatic N) is 3. The zero-order chi connectivity index (χ0) is 26.6. The fraction of sp³-hybridized carbons (Fsp3) is 0.276. The van der Waals surface area contributed by atoms with E-state index < -0.39 is 0 Å². The molecule has 0 spiro atoms. The summed E-state index contributed by atoms with van der Waals surface area (Å²) in [6.07, 6.45) is 0. The molecule has 4 rings (SSSR count). The van der Waals surface area contributed by atoms with E-state index >= 15 is 0 Å². The van der Waals surface area contributed by atoms with Gasteiger partial charge in [-0.1, -0.05) is 74.5 Å². The molecule has 0 saturated carbocycles. The molecule has 0 aliphatic heterocycles. The molecule has 0 bridgehead atoms. The number of amides is 1. The van der Waals surface area contributed by atoms with E-state index in [1.807, 2.05) is 78.2 Å². The van der Waals surface area contributed by atoms with E-state index in [0.717, 1.165) is 22.6 Å². The lowest BCUT2D eigenvalue weighted by molar-refractivity contribution is 0.0949. The smallest absolute Gasteiger partial charge is 0.251 e. The lowest BCUT2D eigenvalue weighted by atomic mass is 9.87. The van der Waals surface area contributed by atoms with Crippen molar-refractivity contribution >= 4 is 29.3 Å². The topological polar surface area (TPSA) is 69.0 Å². The number of aromatic nitrogens is 3. The maximum Gasteiger partial charge on any atom is 0.251 e. The van der Waals surface area contributed by atoms with Crippen LogP contribution in [0.2, 0.25) is 5.02 Å². The first kappa shape index (κ1) is 26.8. The van der Waals surface area contributed by atoms with Gasteiger partial charge in [0.05, 0.1) is 19.3 Å². The Kier molecular flexibility index (Phi) is 8.25. The zero-order valence-corrected chi connectivity index (χ0v) is 23.3. The Morgan fingerprint density at radius 2 is 1.81 bits per heavy atom. The van der Waals surface area contributed by atoms with Gasteiger partial charge < -0.3 is 10.1 Å². The normalized spacial score (nSPS) is 11.4. The Balaban J connectivity index is 1.58. The van der Waals surface area contributed by atoms with Crippen molar-refractivity contribution in [2.24, 2.45) is 0 Å². The number of nitrogens with one attached hydrogen (secondary N) is 1. The highest BCUT2D eigenvalue weighted by Crippen LogP contribution is 2.29. The van der Waals surface area contributed by atoms with Crippen molar-refractivity contribution in [3.05, 3.63) is 99.8 Å². The van der Waals surface area contributed by atoms with Crippen molar-refractivity contribution in [3.8, 4) is 11.4 Å². The van der Waals surface area contributed by atoms with Crippen molar-refractivity contribution in [2.75, 3.05) is 7.11 Å². The van der Waals surface area contributed by atoms with Crippen molar-refractivity contribution in [1.29, 1.82) is 0 Å². The van der Waals surface area contributed by atoms with Crippen LogP contribution in [-0.4, -0.2) is 27.8 Å². The molecule has 192 valence electrons. The minimum absolute atomic E-state index is 0.0270. The van der Waals surface area contributed by atoms with E-state index in [1.165, 1.54) is 5.56 Å². The van der Waals surface area contributed by atoms with Crippen LogP contribution in [0.5, 0.6) is 5.75 Å². The Morgan fingerprint density at radius 1 is 1.05 bits per heavy atom. The minimum atomic E-state index is -0.164. The van der Waals surface area contributed by atoms with Gasteiger partial charge in [-0.05, 0) is 65.4 Å². The predicted molar refractivity (Wildman–Crippen MR) is 150 cm³/mol. The van der Waals surface area contributed by atoms with Crippen LogP contribution >= 0.6 is 23.4 Å². The summed E-state index contributed by atoms with van der Waals surface area (Å²) in [5.41, 5.74) is 4.82. The molecule has 0 aliphatic carbocycles. The van der Waals surface area contributed by atoms with E-state index in [4.69, 9.17) is 16.3 Å². The molecule has 1 amide bonds. The summed E-state index contributed by atoms with van der Waals surface area (Å²) in [7, 11) is 1.66. The molecular formula is C29H31ClN4O2S. The van der Waals surface area contributed by atoms with Gasteiger partial charge in [0.2, 0.25) is 0 Å². The first-order valence-corrected chi connectivity index (χ1v) is 13.4. The molecule has 0 radical (unpaired) electrons. The van der Waals surface area contributed by atoms with Crippen molar-refractivity contribution < 1.29 is 9.53 Å². The molecule has 0 unspecified atom stereocenters. The second-order valence-electron chi connectivity index (χ2n) is 9.82. The molecule has 1 N–H and O–H groups in total. The summed E-state index contributed by atoms with van der Waals surface area (Å²) >= 11 is 7.91. The number of carbonyl (C=O) groups excluding carboxylic acids is 1. The standard InChI is InChI=1S/C29H31ClN4O2S/c1-19-9-14-23(30)16-25(19)34-26(17-31-27(35)21-10-12-22(13-11-21)29(2,3)4)32-33-28(34)37-18-20-7-6-8-24(15-20)36-5/h6-16H,17-18H2,1-5H3,(H,31,35). The highest BCUT2D eigenvalue weighted by atomic mass is 35.5. The summed E-state index contributed by atoms with van der Waals surface area (Å²) in [6, 6.07) is 21.4. The molecule has 6 nitrogen and oxygen atoms in total. The minimum Gasteiger partial charge on any atom is -0.497 e. The van der Waals surface area contributed by atoms with Gasteiger partial charge in [0.1, 0.15) is 5.75 Å². The van der Waals surface area contributed by atoms with Gasteiger partial charge in [0, 0.05) is 16.3 Å². The third-order valence-electron chi connectivity index (χ3n) is 6.03. The van der Waals surface area contributed by atoms with Crippen LogP contribution in [0, 0.1) is 6.92 Å². The molecule has 0 fully saturated rings. The predicted octanol–water partition coefficient (Wildman–Crippen LogP) is 6.76. The largest absolute Gasteiger partial charge is 0.497 e. The van der Waals surface area contributed by atoms with E-state index in [2.05, 4.69) is 36.3 Å². The van der Waals surface area contributed by atoms with Gasteiger partial charge in [-0.25, -0.2) is 0 Å². The van der Waals surface area contributed by atoms with Crippen LogP contribution in [0.3, 0.4) is 0 Å². The molecule has 0 saturated heterocycles. The first-order valence-electron chi connectivity index (χ1n) is 12.0. The lowest BCUT2D eigenvalue weighted by Crippen LogP contribution is -2.25. The van der Waals surface area contributed by atoms with E-state index in [1.54, 1.807) is 18.9 Å². The molecule has 0 aliphatic rings. The van der Waals surface area contributed by atoms with E-state index in [-0.39, 0.29) is 17.9 Å². The van der Waals surface area contributed by atoms with Crippen LogP contribution in [-0.2, 0) is 17.7 Å². The average Bonchev–Trinajstić information content (AvgIpc) is 3.29. The van der Waals surface area contributed by atoms with Crippen molar-refractivity contribution in [2.45, 2.75) is 50.6 Å². The van der Waals surface area contributed by atoms with Gasteiger partial charge in [0.15, 0.2) is 11.0 Å². The Morgan fingerprint density at radius 3 is 2.51 bits per heavy atom. The van der Waals surface area contributed by atoms with Gasteiger partial charge in [-0.3, -0.25) is 9.36 Å². The SMILES string of the molecule is COc1cccc(CSc2nnc(CNC(=O)c3ccc(C(C)(C)C)cc3)n2-c2cc(Cl)ccc2C)c1. The van der Waals surface area contributed by atoms with Crippen LogP contribution in [0.1, 0.15) is 53.6 Å². The molecule has 0 atom stereocenters. The Bertz CT molecular complexity index is 1390. The van der Waals surface area contributed by atoms with Gasteiger partial charge >= 0.3 is 0 Å². The number of hydrogen-bond donors (Lipinski definition) is 1. The van der Waals surface area contributed by atoms with Crippen LogP contribution < -0.4 is 10.1 Å². The van der Waals surface area contributed by atoms with Crippen molar-refractivity contribution in [1.82, 2.24) is 20.1 Å². The molecule has 1 aromatic heterocycles. The third-order valence-corrected chi connectivity index (χ3v) is 7.27. The summed E-state index contributed by atoms with van der Waals surface area (Å²) < 4.78 is 7.32. The van der Waals surface area contributed by atoms with Gasteiger partial charge in [-0.2, -0.15) is 0 Å². The average molecular weight is 535 g/mol. The summed E-state index contributed by atoms with van der Waals surface area (Å²) in [6.45, 7) is 8.68. The molecule has 3 aromatic carbocycles. The number of carbonyl (C=O) groups is 1. The Labute approximate surface area is 227 Å². The quantitative estimate of drug-likeness (QED) is 0.253. The second kappa shape index (κ2) is 11.4. The van der Waals surface area contributed by atoms with E-state index in [9.17, 15) is 4.79 Å². The summed E-state index contributed by atoms with van der Waals surface area (Å²) in [5.74, 6) is 1.95. The fourth-order valence-electron chi connectivity index (χ4n) is 3.87. The number of hydrogen-bond acceptors (Lipinski definition) is 5. The number of aryl methyl sites for hydroxylation is 1.